The first-order valence-corrected chi connectivity index (χ1v) is 9.24. The molecule has 1 unspecified atom stereocenters. The summed E-state index contributed by atoms with van der Waals surface area (Å²) in [4.78, 5) is 39.7. The number of halogens is 2. The minimum absolute atomic E-state index is 0.175. The predicted molar refractivity (Wildman–Crippen MR) is 106 cm³/mol. The lowest BCUT2D eigenvalue weighted by molar-refractivity contribution is -0.123. The van der Waals surface area contributed by atoms with Gasteiger partial charge in [0, 0.05) is 10.7 Å². The zero-order valence-electron chi connectivity index (χ0n) is 15.8. The van der Waals surface area contributed by atoms with Gasteiger partial charge in [0.25, 0.3) is 5.91 Å². The number of hydrogen-bond donors (Lipinski definition) is 2. The van der Waals surface area contributed by atoms with Crippen LogP contribution in [0.2, 0.25) is 10.0 Å². The standard InChI is InChI=1S/C19H20Cl2N2O5/c1-5-27-19(26)16-9(2)15(10(3)22-16)18(25)28-11(4)17(24)23-14-8-12(20)6-7-13(14)21/h6-8,11,22H,5H2,1-4H3,(H,23,24). The van der Waals surface area contributed by atoms with Crippen LogP contribution < -0.4 is 5.32 Å². The molecule has 2 N–H and O–H groups in total. The molecule has 0 fully saturated rings. The van der Waals surface area contributed by atoms with Crippen LogP contribution in [0.3, 0.4) is 0 Å². The minimum atomic E-state index is -1.11. The average Bonchev–Trinajstić information content (AvgIpc) is 2.92. The molecule has 28 heavy (non-hydrogen) atoms. The van der Waals surface area contributed by atoms with E-state index in [-0.39, 0.29) is 17.9 Å². The Morgan fingerprint density at radius 3 is 2.50 bits per heavy atom. The number of carbonyl (C=O) groups is 3. The van der Waals surface area contributed by atoms with Crippen molar-refractivity contribution in [3.63, 3.8) is 0 Å². The molecule has 0 aliphatic rings. The molecular weight excluding hydrogens is 407 g/mol. The maximum Gasteiger partial charge on any atom is 0.355 e. The van der Waals surface area contributed by atoms with E-state index in [0.717, 1.165) is 0 Å². The second-order valence-corrected chi connectivity index (χ2v) is 6.85. The van der Waals surface area contributed by atoms with E-state index >= 15 is 0 Å². The van der Waals surface area contributed by atoms with Crippen LogP contribution in [0.4, 0.5) is 5.69 Å². The van der Waals surface area contributed by atoms with Gasteiger partial charge in [0.05, 0.1) is 22.9 Å². The summed E-state index contributed by atoms with van der Waals surface area (Å²) in [7, 11) is 0. The summed E-state index contributed by atoms with van der Waals surface area (Å²) in [5, 5.41) is 3.26. The first kappa shape index (κ1) is 21.8. The number of carbonyl (C=O) groups excluding carboxylic acids is 3. The lowest BCUT2D eigenvalue weighted by Gasteiger charge is -2.15. The smallest absolute Gasteiger partial charge is 0.355 e. The summed E-state index contributed by atoms with van der Waals surface area (Å²) in [6.45, 7) is 6.55. The Hall–Kier alpha value is -2.51. The third kappa shape index (κ3) is 4.85. The predicted octanol–water partition coefficient (Wildman–Crippen LogP) is 4.30. The molecule has 1 aromatic carbocycles. The Morgan fingerprint density at radius 2 is 1.86 bits per heavy atom. The molecule has 1 heterocycles. The first-order chi connectivity index (χ1) is 13.1. The number of H-pyrrole nitrogens is 1. The number of aryl methyl sites for hydroxylation is 1. The van der Waals surface area contributed by atoms with Crippen molar-refractivity contribution in [2.45, 2.75) is 33.8 Å². The fraction of sp³-hybridized carbons (Fsp3) is 0.316. The molecule has 0 bridgehead atoms. The van der Waals surface area contributed by atoms with E-state index in [0.29, 0.717) is 27.0 Å². The van der Waals surface area contributed by atoms with Gasteiger partial charge in [0.2, 0.25) is 0 Å². The highest BCUT2D eigenvalue weighted by atomic mass is 35.5. The summed E-state index contributed by atoms with van der Waals surface area (Å²) in [5.41, 5.74) is 1.50. The van der Waals surface area contributed by atoms with Crippen LogP contribution in [-0.4, -0.2) is 35.5 Å². The van der Waals surface area contributed by atoms with E-state index in [1.54, 1.807) is 32.9 Å². The Morgan fingerprint density at radius 1 is 1.18 bits per heavy atom. The summed E-state index contributed by atoms with van der Waals surface area (Å²) in [6.07, 6.45) is -1.11. The lowest BCUT2D eigenvalue weighted by Crippen LogP contribution is -2.30. The van der Waals surface area contributed by atoms with E-state index in [1.165, 1.54) is 13.0 Å². The lowest BCUT2D eigenvalue weighted by atomic mass is 10.1. The van der Waals surface area contributed by atoms with E-state index in [1.807, 2.05) is 0 Å². The minimum Gasteiger partial charge on any atom is -0.461 e. The Balaban J connectivity index is 2.13. The normalized spacial score (nSPS) is 11.6. The second-order valence-electron chi connectivity index (χ2n) is 6.01. The molecule has 9 heteroatoms. The van der Waals surface area contributed by atoms with Crippen molar-refractivity contribution in [2.24, 2.45) is 0 Å². The quantitative estimate of drug-likeness (QED) is 0.670. The van der Waals surface area contributed by atoms with Crippen molar-refractivity contribution in [1.82, 2.24) is 4.98 Å². The van der Waals surface area contributed by atoms with Gasteiger partial charge in [-0.1, -0.05) is 23.2 Å². The van der Waals surface area contributed by atoms with Crippen LogP contribution in [0.15, 0.2) is 18.2 Å². The van der Waals surface area contributed by atoms with Gasteiger partial charge in [-0.2, -0.15) is 0 Å². The number of esters is 2. The van der Waals surface area contributed by atoms with Crippen LogP contribution in [0.25, 0.3) is 0 Å². The summed E-state index contributed by atoms with van der Waals surface area (Å²) in [5.74, 6) is -1.88. The van der Waals surface area contributed by atoms with E-state index < -0.39 is 23.9 Å². The van der Waals surface area contributed by atoms with Gasteiger partial charge >= 0.3 is 11.9 Å². The zero-order valence-corrected chi connectivity index (χ0v) is 17.3. The molecule has 1 atom stereocenters. The molecule has 0 aliphatic heterocycles. The fourth-order valence-electron chi connectivity index (χ4n) is 2.56. The molecule has 0 saturated carbocycles. The van der Waals surface area contributed by atoms with Gasteiger partial charge in [-0.15, -0.1) is 0 Å². The highest BCUT2D eigenvalue weighted by Crippen LogP contribution is 2.26. The third-order valence-corrected chi connectivity index (χ3v) is 4.53. The topological polar surface area (TPSA) is 97.5 Å². The van der Waals surface area contributed by atoms with Crippen molar-refractivity contribution in [3.8, 4) is 0 Å². The van der Waals surface area contributed by atoms with Crippen molar-refractivity contribution < 1.29 is 23.9 Å². The van der Waals surface area contributed by atoms with Crippen LogP contribution >= 0.6 is 23.2 Å². The largest absolute Gasteiger partial charge is 0.461 e. The molecule has 1 amide bonds. The van der Waals surface area contributed by atoms with Gasteiger partial charge in [-0.3, -0.25) is 4.79 Å². The number of anilines is 1. The molecule has 7 nitrogen and oxygen atoms in total. The molecule has 0 saturated heterocycles. The first-order valence-electron chi connectivity index (χ1n) is 8.48. The highest BCUT2D eigenvalue weighted by Gasteiger charge is 2.27. The number of aromatic amines is 1. The molecule has 0 aliphatic carbocycles. The van der Waals surface area contributed by atoms with Gasteiger partial charge in [-0.05, 0) is 51.5 Å². The van der Waals surface area contributed by atoms with Gasteiger partial charge in [-0.25, -0.2) is 9.59 Å². The number of ether oxygens (including phenoxy) is 2. The van der Waals surface area contributed by atoms with Gasteiger partial charge in [0.1, 0.15) is 5.69 Å². The monoisotopic (exact) mass is 426 g/mol. The Bertz CT molecular complexity index is 923. The maximum atomic E-state index is 12.5. The average molecular weight is 427 g/mol. The van der Waals surface area contributed by atoms with Crippen molar-refractivity contribution in [2.75, 3.05) is 11.9 Å². The molecule has 0 radical (unpaired) electrons. The van der Waals surface area contributed by atoms with Crippen LogP contribution in [0.1, 0.15) is 46.0 Å². The zero-order chi connectivity index (χ0) is 21.0. The van der Waals surface area contributed by atoms with Crippen LogP contribution in [-0.2, 0) is 14.3 Å². The van der Waals surface area contributed by atoms with E-state index in [4.69, 9.17) is 32.7 Å². The number of hydrogen-bond acceptors (Lipinski definition) is 5. The number of aromatic nitrogens is 1. The molecular formula is C19H20Cl2N2O5. The Kier molecular flexibility index (Phi) is 7.10. The Labute approximate surface area is 172 Å². The second kappa shape index (κ2) is 9.12. The molecule has 2 rings (SSSR count). The highest BCUT2D eigenvalue weighted by molar-refractivity contribution is 6.35. The molecule has 0 spiro atoms. The third-order valence-electron chi connectivity index (χ3n) is 3.96. The number of rotatable bonds is 6. The molecule has 2 aromatic rings. The fourth-order valence-corrected chi connectivity index (χ4v) is 2.90. The van der Waals surface area contributed by atoms with Crippen molar-refractivity contribution in [3.05, 3.63) is 50.8 Å². The van der Waals surface area contributed by atoms with Gasteiger partial charge < -0.3 is 19.8 Å². The molecule has 1 aromatic heterocycles. The molecule has 150 valence electrons. The van der Waals surface area contributed by atoms with Crippen LogP contribution in [0, 0.1) is 13.8 Å². The van der Waals surface area contributed by atoms with Gasteiger partial charge in [0.15, 0.2) is 6.10 Å². The number of nitrogens with one attached hydrogen (secondary N) is 2. The maximum absolute atomic E-state index is 12.5. The summed E-state index contributed by atoms with van der Waals surface area (Å²) < 4.78 is 10.2. The van der Waals surface area contributed by atoms with Crippen molar-refractivity contribution in [1.29, 1.82) is 0 Å². The number of amides is 1. The summed E-state index contributed by atoms with van der Waals surface area (Å²) >= 11 is 11.9. The van der Waals surface area contributed by atoms with Crippen molar-refractivity contribution >= 4 is 46.7 Å². The van der Waals surface area contributed by atoms with Crippen LogP contribution in [0.5, 0.6) is 0 Å². The van der Waals surface area contributed by atoms with E-state index in [2.05, 4.69) is 10.3 Å². The SMILES string of the molecule is CCOC(=O)c1[nH]c(C)c(C(=O)OC(C)C(=O)Nc2cc(Cl)ccc2Cl)c1C. The van der Waals surface area contributed by atoms with E-state index in [9.17, 15) is 14.4 Å². The number of benzene rings is 1. The summed E-state index contributed by atoms with van der Waals surface area (Å²) in [6, 6.07) is 4.61.